The van der Waals surface area contributed by atoms with Crippen LogP contribution in [0.15, 0.2) is 6.20 Å². The summed E-state index contributed by atoms with van der Waals surface area (Å²) in [4.78, 5) is 11.0. The molecule has 0 fully saturated rings. The number of hydrogen-bond acceptors (Lipinski definition) is 2. The number of fused-ring (bicyclic) bond motifs is 1. The Morgan fingerprint density at radius 1 is 1.71 bits per heavy atom. The Morgan fingerprint density at radius 3 is 3.21 bits per heavy atom. The molecule has 4 heteroatoms. The number of nitrogens with one attached hydrogen (secondary N) is 1. The third kappa shape index (κ3) is 1.52. The molecule has 1 aliphatic rings. The summed E-state index contributed by atoms with van der Waals surface area (Å²) < 4.78 is 1.91. The van der Waals surface area contributed by atoms with E-state index in [-0.39, 0.29) is 11.9 Å². The van der Waals surface area contributed by atoms with Gasteiger partial charge in [0.15, 0.2) is 0 Å². The largest absolute Gasteiger partial charge is 0.349 e. The second-order valence-corrected chi connectivity index (χ2v) is 3.82. The van der Waals surface area contributed by atoms with E-state index < -0.39 is 0 Å². The number of carbonyl (C=O) groups is 1. The SMILES string of the molecule is CC(=O)NC1CCCc2c1cnn2C. The van der Waals surface area contributed by atoms with Crippen LogP contribution in [-0.4, -0.2) is 15.7 Å². The third-order valence-electron chi connectivity index (χ3n) is 2.75. The second-order valence-electron chi connectivity index (χ2n) is 3.82. The van der Waals surface area contributed by atoms with Gasteiger partial charge in [0.1, 0.15) is 0 Å². The van der Waals surface area contributed by atoms with Gasteiger partial charge in [0, 0.05) is 25.2 Å². The van der Waals surface area contributed by atoms with E-state index in [1.165, 1.54) is 11.3 Å². The Hall–Kier alpha value is -1.32. The maximum Gasteiger partial charge on any atom is 0.217 e. The summed E-state index contributed by atoms with van der Waals surface area (Å²) in [5.41, 5.74) is 2.45. The fourth-order valence-electron chi connectivity index (χ4n) is 2.10. The van der Waals surface area contributed by atoms with Gasteiger partial charge in [0.25, 0.3) is 0 Å². The monoisotopic (exact) mass is 193 g/mol. The lowest BCUT2D eigenvalue weighted by atomic mass is 9.93. The van der Waals surface area contributed by atoms with Crippen molar-refractivity contribution in [3.05, 3.63) is 17.5 Å². The lowest BCUT2D eigenvalue weighted by molar-refractivity contribution is -0.119. The average molecular weight is 193 g/mol. The molecule has 0 saturated heterocycles. The van der Waals surface area contributed by atoms with E-state index >= 15 is 0 Å². The molecule has 0 aromatic carbocycles. The van der Waals surface area contributed by atoms with Crippen LogP contribution in [0.25, 0.3) is 0 Å². The van der Waals surface area contributed by atoms with Crippen molar-refractivity contribution in [2.24, 2.45) is 7.05 Å². The van der Waals surface area contributed by atoms with E-state index in [2.05, 4.69) is 10.4 Å². The molecule has 0 radical (unpaired) electrons. The van der Waals surface area contributed by atoms with E-state index in [1.54, 1.807) is 6.92 Å². The predicted octanol–water partition coefficient (Wildman–Crippen LogP) is 0.934. The topological polar surface area (TPSA) is 46.9 Å². The number of aromatic nitrogens is 2. The highest BCUT2D eigenvalue weighted by atomic mass is 16.1. The van der Waals surface area contributed by atoms with Gasteiger partial charge >= 0.3 is 0 Å². The van der Waals surface area contributed by atoms with Crippen LogP contribution in [0.2, 0.25) is 0 Å². The fourth-order valence-corrected chi connectivity index (χ4v) is 2.10. The highest BCUT2D eigenvalue weighted by Crippen LogP contribution is 2.28. The highest BCUT2D eigenvalue weighted by Gasteiger charge is 2.23. The summed E-state index contributed by atoms with van der Waals surface area (Å²) >= 11 is 0. The summed E-state index contributed by atoms with van der Waals surface area (Å²) in [6.07, 6.45) is 5.09. The first-order valence-electron chi connectivity index (χ1n) is 4.96. The first-order valence-corrected chi connectivity index (χ1v) is 4.96. The Bertz CT molecular complexity index is 356. The quantitative estimate of drug-likeness (QED) is 0.721. The molecule has 1 aromatic heterocycles. The molecule has 0 spiro atoms. The standard InChI is InChI=1S/C10H15N3O/c1-7(14)12-9-4-3-5-10-8(9)6-11-13(10)2/h6,9H,3-5H2,1-2H3,(H,12,14). The van der Waals surface area contributed by atoms with Gasteiger partial charge in [-0.3, -0.25) is 9.48 Å². The lowest BCUT2D eigenvalue weighted by Crippen LogP contribution is -2.28. The minimum Gasteiger partial charge on any atom is -0.349 e. The molecule has 0 aliphatic heterocycles. The number of nitrogens with zero attached hydrogens (tertiary/aromatic N) is 2. The molecule has 1 unspecified atom stereocenters. The molecular weight excluding hydrogens is 178 g/mol. The van der Waals surface area contributed by atoms with Crippen molar-refractivity contribution < 1.29 is 4.79 Å². The van der Waals surface area contributed by atoms with Gasteiger partial charge in [-0.2, -0.15) is 5.10 Å². The van der Waals surface area contributed by atoms with Crippen LogP contribution in [0.1, 0.15) is 37.1 Å². The van der Waals surface area contributed by atoms with Crippen LogP contribution in [0.5, 0.6) is 0 Å². The van der Waals surface area contributed by atoms with Gasteiger partial charge in [-0.1, -0.05) is 0 Å². The summed E-state index contributed by atoms with van der Waals surface area (Å²) in [6, 6.07) is 0.171. The number of rotatable bonds is 1. The van der Waals surface area contributed by atoms with Gasteiger partial charge in [0.2, 0.25) is 5.91 Å². The Labute approximate surface area is 83.3 Å². The van der Waals surface area contributed by atoms with Gasteiger partial charge in [-0.15, -0.1) is 0 Å². The molecule has 76 valence electrons. The summed E-state index contributed by atoms with van der Waals surface area (Å²) in [6.45, 7) is 1.56. The fraction of sp³-hybridized carbons (Fsp3) is 0.600. The van der Waals surface area contributed by atoms with Gasteiger partial charge in [0.05, 0.1) is 12.2 Å². The van der Waals surface area contributed by atoms with Crippen LogP contribution < -0.4 is 5.32 Å². The summed E-state index contributed by atoms with van der Waals surface area (Å²) in [5, 5.41) is 7.18. The molecular formula is C10H15N3O. The van der Waals surface area contributed by atoms with Crippen molar-refractivity contribution in [3.63, 3.8) is 0 Å². The minimum atomic E-state index is 0.0340. The van der Waals surface area contributed by atoms with Gasteiger partial charge in [-0.25, -0.2) is 0 Å². The Balaban J connectivity index is 2.27. The number of aryl methyl sites for hydroxylation is 1. The van der Waals surface area contributed by atoms with E-state index in [1.807, 2.05) is 17.9 Å². The third-order valence-corrected chi connectivity index (χ3v) is 2.75. The summed E-state index contributed by atoms with van der Waals surface area (Å²) in [7, 11) is 1.95. The van der Waals surface area contributed by atoms with Crippen LogP contribution in [0, 0.1) is 0 Å². The van der Waals surface area contributed by atoms with E-state index in [0.717, 1.165) is 19.3 Å². The normalized spacial score (nSPS) is 20.3. The number of amides is 1. The van der Waals surface area contributed by atoms with Crippen LogP contribution in [-0.2, 0) is 18.3 Å². The van der Waals surface area contributed by atoms with E-state index in [9.17, 15) is 4.79 Å². The lowest BCUT2D eigenvalue weighted by Gasteiger charge is -2.23. The minimum absolute atomic E-state index is 0.0340. The molecule has 1 heterocycles. The zero-order valence-electron chi connectivity index (χ0n) is 8.58. The maximum atomic E-state index is 11.0. The molecule has 1 aromatic rings. The predicted molar refractivity (Wildman–Crippen MR) is 52.7 cm³/mol. The smallest absolute Gasteiger partial charge is 0.217 e. The molecule has 0 saturated carbocycles. The summed E-state index contributed by atoms with van der Waals surface area (Å²) in [5.74, 6) is 0.0340. The highest BCUT2D eigenvalue weighted by molar-refractivity contribution is 5.73. The molecule has 1 amide bonds. The van der Waals surface area contributed by atoms with E-state index in [0.29, 0.717) is 0 Å². The first kappa shape index (κ1) is 9.24. The zero-order valence-corrected chi connectivity index (χ0v) is 8.58. The van der Waals surface area contributed by atoms with Crippen molar-refractivity contribution >= 4 is 5.91 Å². The number of carbonyl (C=O) groups excluding carboxylic acids is 1. The molecule has 14 heavy (non-hydrogen) atoms. The van der Waals surface area contributed by atoms with Crippen molar-refractivity contribution in [2.45, 2.75) is 32.2 Å². The maximum absolute atomic E-state index is 11.0. The van der Waals surface area contributed by atoms with Crippen molar-refractivity contribution in [2.75, 3.05) is 0 Å². The zero-order chi connectivity index (χ0) is 10.1. The Morgan fingerprint density at radius 2 is 2.50 bits per heavy atom. The van der Waals surface area contributed by atoms with Gasteiger partial charge < -0.3 is 5.32 Å². The van der Waals surface area contributed by atoms with Crippen LogP contribution in [0.4, 0.5) is 0 Å². The molecule has 0 bridgehead atoms. The van der Waals surface area contributed by atoms with Crippen molar-refractivity contribution in [3.8, 4) is 0 Å². The number of hydrogen-bond donors (Lipinski definition) is 1. The molecule has 2 rings (SSSR count). The molecule has 1 N–H and O–H groups in total. The Kier molecular flexibility index (Phi) is 2.27. The molecule has 1 aliphatic carbocycles. The first-order chi connectivity index (χ1) is 6.68. The van der Waals surface area contributed by atoms with Gasteiger partial charge in [-0.05, 0) is 19.3 Å². The van der Waals surface area contributed by atoms with Crippen LogP contribution in [0.3, 0.4) is 0 Å². The molecule has 1 atom stereocenters. The van der Waals surface area contributed by atoms with Crippen LogP contribution >= 0.6 is 0 Å². The van der Waals surface area contributed by atoms with Crippen molar-refractivity contribution in [1.82, 2.24) is 15.1 Å². The molecule has 4 nitrogen and oxygen atoms in total. The second kappa shape index (κ2) is 3.44. The van der Waals surface area contributed by atoms with Crippen molar-refractivity contribution in [1.29, 1.82) is 0 Å². The van der Waals surface area contributed by atoms with E-state index in [4.69, 9.17) is 0 Å². The average Bonchev–Trinajstić information content (AvgIpc) is 2.49.